The first kappa shape index (κ1) is 20.6. The van der Waals surface area contributed by atoms with Gasteiger partial charge in [-0.2, -0.15) is 5.10 Å². The highest BCUT2D eigenvalue weighted by atomic mass is 35.5. The number of para-hydroxylation sites is 1. The molecule has 6 nitrogen and oxygen atoms in total. The third kappa shape index (κ3) is 4.44. The molecule has 31 heavy (non-hydrogen) atoms. The summed E-state index contributed by atoms with van der Waals surface area (Å²) in [6.45, 7) is 3.34. The number of rotatable bonds is 6. The Morgan fingerprint density at radius 1 is 0.935 bits per heavy atom. The van der Waals surface area contributed by atoms with Crippen LogP contribution in [0.5, 0.6) is 5.75 Å². The molecule has 0 unspecified atom stereocenters. The molecule has 0 spiro atoms. The number of hydrogen-bond donors (Lipinski definition) is 2. The van der Waals surface area contributed by atoms with E-state index in [4.69, 9.17) is 16.3 Å². The van der Waals surface area contributed by atoms with Crippen molar-refractivity contribution in [1.29, 1.82) is 0 Å². The molecule has 0 aliphatic rings. The molecular weight excluding hydrogens is 414 g/mol. The summed E-state index contributed by atoms with van der Waals surface area (Å²) in [6, 6.07) is 20.9. The van der Waals surface area contributed by atoms with Crippen molar-refractivity contribution in [1.82, 2.24) is 10.2 Å². The summed E-state index contributed by atoms with van der Waals surface area (Å²) in [5.41, 5.74) is 0.725. The van der Waals surface area contributed by atoms with Crippen LogP contribution in [0.2, 0.25) is 5.02 Å². The van der Waals surface area contributed by atoms with Gasteiger partial charge in [0.2, 0.25) is 0 Å². The molecule has 0 radical (unpaired) electrons. The summed E-state index contributed by atoms with van der Waals surface area (Å²) in [4.78, 5) is 25.4. The van der Waals surface area contributed by atoms with Gasteiger partial charge >= 0.3 is 0 Å². The van der Waals surface area contributed by atoms with E-state index in [-0.39, 0.29) is 11.7 Å². The molecule has 1 heterocycles. The van der Waals surface area contributed by atoms with Crippen molar-refractivity contribution in [2.24, 2.45) is 0 Å². The molecule has 3 aromatic carbocycles. The average Bonchev–Trinajstić information content (AvgIpc) is 3.17. The second-order valence-corrected chi connectivity index (χ2v) is 7.98. The van der Waals surface area contributed by atoms with Gasteiger partial charge in [0, 0.05) is 21.5 Å². The Morgan fingerprint density at radius 2 is 1.55 bits per heavy atom. The molecular formula is C24H20ClN3O3. The number of carbonyl (C=O) groups excluding carboxylic acids is 2. The molecule has 4 rings (SSSR count). The molecule has 0 saturated heterocycles. The Balaban J connectivity index is 1.45. The number of benzene rings is 3. The van der Waals surface area contributed by atoms with Crippen LogP contribution < -0.4 is 10.1 Å². The van der Waals surface area contributed by atoms with Crippen molar-refractivity contribution in [3.05, 3.63) is 88.9 Å². The van der Waals surface area contributed by atoms with Crippen LogP contribution in [0.15, 0.2) is 72.8 Å². The van der Waals surface area contributed by atoms with Crippen LogP contribution in [0, 0.1) is 0 Å². The van der Waals surface area contributed by atoms with E-state index in [0.29, 0.717) is 27.7 Å². The SMILES string of the molecule is CC(C)(Oc1ccc(C(=O)c2ccc(Cl)cc2)cc1)C(=O)Nc1n[nH]c2ccccc12. The van der Waals surface area contributed by atoms with Crippen molar-refractivity contribution in [3.8, 4) is 5.75 Å². The van der Waals surface area contributed by atoms with Gasteiger partial charge in [-0.05, 0) is 74.5 Å². The van der Waals surface area contributed by atoms with E-state index >= 15 is 0 Å². The van der Waals surface area contributed by atoms with Gasteiger partial charge in [0.1, 0.15) is 5.75 Å². The highest BCUT2D eigenvalue weighted by Gasteiger charge is 2.31. The monoisotopic (exact) mass is 433 g/mol. The van der Waals surface area contributed by atoms with E-state index in [2.05, 4.69) is 15.5 Å². The van der Waals surface area contributed by atoms with E-state index in [1.54, 1.807) is 62.4 Å². The maximum atomic E-state index is 12.8. The van der Waals surface area contributed by atoms with Gasteiger partial charge in [0.05, 0.1) is 5.52 Å². The number of nitrogens with zero attached hydrogens (tertiary/aromatic N) is 1. The normalized spacial score (nSPS) is 11.3. The van der Waals surface area contributed by atoms with Crippen molar-refractivity contribution < 1.29 is 14.3 Å². The van der Waals surface area contributed by atoms with Crippen LogP contribution in [0.25, 0.3) is 10.9 Å². The molecule has 2 N–H and O–H groups in total. The van der Waals surface area contributed by atoms with Crippen LogP contribution in [0.1, 0.15) is 29.8 Å². The fraction of sp³-hybridized carbons (Fsp3) is 0.125. The Morgan fingerprint density at radius 3 is 2.23 bits per heavy atom. The fourth-order valence-electron chi connectivity index (χ4n) is 3.10. The standard InChI is InChI=1S/C24H20ClN3O3/c1-24(2,23(30)26-22-19-5-3-4-6-20(19)27-28-22)31-18-13-9-16(10-14-18)21(29)15-7-11-17(25)12-8-15/h3-14H,1-2H3,(H2,26,27,28,30). The number of nitrogens with one attached hydrogen (secondary N) is 2. The van der Waals surface area contributed by atoms with Crippen LogP contribution >= 0.6 is 11.6 Å². The van der Waals surface area contributed by atoms with Crippen molar-refractivity contribution in [3.63, 3.8) is 0 Å². The van der Waals surface area contributed by atoms with Crippen molar-refractivity contribution in [2.45, 2.75) is 19.4 Å². The smallest absolute Gasteiger partial charge is 0.269 e. The number of hydrogen-bond acceptors (Lipinski definition) is 4. The third-order valence-electron chi connectivity index (χ3n) is 4.85. The lowest BCUT2D eigenvalue weighted by molar-refractivity contribution is -0.128. The number of fused-ring (bicyclic) bond motifs is 1. The Kier molecular flexibility index (Phi) is 5.48. The van der Waals surface area contributed by atoms with Crippen LogP contribution in [0.3, 0.4) is 0 Å². The van der Waals surface area contributed by atoms with Gasteiger partial charge in [-0.1, -0.05) is 23.7 Å². The number of aromatic nitrogens is 2. The fourth-order valence-corrected chi connectivity index (χ4v) is 3.23. The number of carbonyl (C=O) groups is 2. The first-order valence-corrected chi connectivity index (χ1v) is 10.1. The minimum Gasteiger partial charge on any atom is -0.478 e. The molecule has 7 heteroatoms. The van der Waals surface area contributed by atoms with Gasteiger partial charge in [-0.15, -0.1) is 0 Å². The molecule has 0 atom stereocenters. The molecule has 0 aliphatic heterocycles. The van der Waals surface area contributed by atoms with Crippen molar-refractivity contribution >= 4 is 40.0 Å². The summed E-state index contributed by atoms with van der Waals surface area (Å²) in [6.07, 6.45) is 0. The van der Waals surface area contributed by atoms with Gasteiger partial charge in [-0.3, -0.25) is 14.7 Å². The second-order valence-electron chi connectivity index (χ2n) is 7.54. The predicted octanol–water partition coefficient (Wildman–Crippen LogP) is 5.24. The second kappa shape index (κ2) is 8.24. The lowest BCUT2D eigenvalue weighted by atomic mass is 10.0. The Bertz CT molecular complexity index is 1250. The number of anilines is 1. The topological polar surface area (TPSA) is 84.1 Å². The first-order valence-electron chi connectivity index (χ1n) is 9.67. The predicted molar refractivity (Wildman–Crippen MR) is 121 cm³/mol. The molecule has 1 aromatic heterocycles. The van der Waals surface area contributed by atoms with E-state index in [0.717, 1.165) is 10.9 Å². The number of amides is 1. The van der Waals surface area contributed by atoms with Crippen molar-refractivity contribution in [2.75, 3.05) is 5.32 Å². The minimum atomic E-state index is -1.16. The minimum absolute atomic E-state index is 0.120. The third-order valence-corrected chi connectivity index (χ3v) is 5.10. The van der Waals surface area contributed by atoms with Crippen LogP contribution in [-0.4, -0.2) is 27.5 Å². The molecule has 0 fully saturated rings. The van der Waals surface area contributed by atoms with Gasteiger partial charge < -0.3 is 10.1 Å². The van der Waals surface area contributed by atoms with Gasteiger partial charge in [-0.25, -0.2) is 0 Å². The lowest BCUT2D eigenvalue weighted by Gasteiger charge is -2.25. The van der Waals surface area contributed by atoms with Crippen LogP contribution in [0.4, 0.5) is 5.82 Å². The summed E-state index contributed by atoms with van der Waals surface area (Å²) in [7, 11) is 0. The van der Waals surface area contributed by atoms with Crippen LogP contribution in [-0.2, 0) is 4.79 Å². The zero-order valence-corrected chi connectivity index (χ0v) is 17.7. The number of halogens is 1. The zero-order chi connectivity index (χ0) is 22.0. The number of ketones is 1. The Hall–Kier alpha value is -3.64. The molecule has 0 saturated carbocycles. The first-order chi connectivity index (χ1) is 14.8. The number of aromatic amines is 1. The summed E-state index contributed by atoms with van der Waals surface area (Å²) >= 11 is 5.88. The van der Waals surface area contributed by atoms with E-state index in [1.807, 2.05) is 24.3 Å². The van der Waals surface area contributed by atoms with E-state index in [1.165, 1.54) is 0 Å². The summed E-state index contributed by atoms with van der Waals surface area (Å²) < 4.78 is 5.90. The molecule has 4 aromatic rings. The lowest BCUT2D eigenvalue weighted by Crippen LogP contribution is -2.42. The Labute approximate surface area is 184 Å². The quantitative estimate of drug-likeness (QED) is 0.407. The maximum Gasteiger partial charge on any atom is 0.269 e. The number of H-pyrrole nitrogens is 1. The molecule has 0 bridgehead atoms. The number of ether oxygens (including phenoxy) is 1. The molecule has 0 aliphatic carbocycles. The average molecular weight is 434 g/mol. The maximum absolute atomic E-state index is 12.8. The summed E-state index contributed by atoms with van der Waals surface area (Å²) in [5.74, 6) is 0.456. The van der Waals surface area contributed by atoms with Gasteiger partial charge in [0.25, 0.3) is 5.91 Å². The highest BCUT2D eigenvalue weighted by Crippen LogP contribution is 2.24. The molecule has 156 valence electrons. The highest BCUT2D eigenvalue weighted by molar-refractivity contribution is 6.30. The van der Waals surface area contributed by atoms with Gasteiger partial charge in [0.15, 0.2) is 17.2 Å². The summed E-state index contributed by atoms with van der Waals surface area (Å²) in [5, 5.41) is 11.2. The zero-order valence-electron chi connectivity index (χ0n) is 17.0. The van der Waals surface area contributed by atoms with E-state index in [9.17, 15) is 9.59 Å². The molecule has 1 amide bonds. The largest absolute Gasteiger partial charge is 0.478 e. The van der Waals surface area contributed by atoms with E-state index < -0.39 is 5.60 Å².